The summed E-state index contributed by atoms with van der Waals surface area (Å²) in [5.74, 6) is 0. The van der Waals surface area contributed by atoms with Gasteiger partial charge in [0, 0.05) is 12.6 Å². The Morgan fingerprint density at radius 3 is 3.13 bits per heavy atom. The van der Waals surface area contributed by atoms with Crippen molar-refractivity contribution in [3.8, 4) is 0 Å². The van der Waals surface area contributed by atoms with Crippen LogP contribution in [0.1, 0.15) is 19.8 Å². The highest BCUT2D eigenvalue weighted by atomic mass is 16.6. The van der Waals surface area contributed by atoms with E-state index in [-0.39, 0.29) is 18.2 Å². The van der Waals surface area contributed by atoms with Gasteiger partial charge in [0.1, 0.15) is 0 Å². The Hall–Kier alpha value is -1.30. The minimum absolute atomic E-state index is 0.0404. The molecule has 0 radical (unpaired) electrons. The van der Waals surface area contributed by atoms with Gasteiger partial charge in [-0.2, -0.15) is 0 Å². The number of likely N-dealkylation sites (tertiary alicyclic amines) is 1. The highest BCUT2D eigenvalue weighted by Gasteiger charge is 2.29. The van der Waals surface area contributed by atoms with Crippen LogP contribution in [-0.4, -0.2) is 47.7 Å². The molecule has 1 amide bonds. The number of piperidine rings is 1. The van der Waals surface area contributed by atoms with Crippen LogP contribution in [0.5, 0.6) is 0 Å². The van der Waals surface area contributed by atoms with Crippen LogP contribution in [0.3, 0.4) is 0 Å². The van der Waals surface area contributed by atoms with Crippen molar-refractivity contribution in [2.45, 2.75) is 31.8 Å². The van der Waals surface area contributed by atoms with Gasteiger partial charge in [0.15, 0.2) is 0 Å². The number of carbonyl (C=O) groups is 1. The Bertz CT molecular complexity index is 245. The second kappa shape index (κ2) is 5.55. The molecule has 3 N–H and O–H groups in total. The number of hydrogen-bond acceptors (Lipinski definition) is 5. The molecule has 6 nitrogen and oxygen atoms in total. The van der Waals surface area contributed by atoms with E-state index in [4.69, 9.17) is 15.7 Å². The van der Waals surface area contributed by atoms with Gasteiger partial charge in [0.25, 0.3) is 0 Å². The molecule has 1 saturated heterocycles. The molecule has 2 unspecified atom stereocenters. The molecule has 0 aliphatic carbocycles. The van der Waals surface area contributed by atoms with E-state index in [1.54, 1.807) is 6.92 Å². The maximum absolute atomic E-state index is 11.5. The summed E-state index contributed by atoms with van der Waals surface area (Å²) in [5, 5.41) is 11.4. The molecule has 1 fully saturated rings. The summed E-state index contributed by atoms with van der Waals surface area (Å²) >= 11 is 0. The zero-order valence-corrected chi connectivity index (χ0v) is 8.80. The smallest absolute Gasteiger partial charge is 0.410 e. The van der Waals surface area contributed by atoms with Crippen LogP contribution < -0.4 is 5.73 Å². The molecule has 1 aliphatic rings. The summed E-state index contributed by atoms with van der Waals surface area (Å²) in [6.07, 6.45) is 2.28. The number of nitrogens with zero attached hydrogens (tertiary/aromatic N) is 2. The fourth-order valence-corrected chi connectivity index (χ4v) is 1.68. The number of amides is 1. The van der Waals surface area contributed by atoms with Crippen LogP contribution in [-0.2, 0) is 4.74 Å². The summed E-state index contributed by atoms with van der Waals surface area (Å²) in [5.41, 5.74) is 5.77. The van der Waals surface area contributed by atoms with Gasteiger partial charge in [-0.1, -0.05) is 5.16 Å². The number of nitrogens with two attached hydrogens (primary N) is 1. The van der Waals surface area contributed by atoms with Gasteiger partial charge >= 0.3 is 6.09 Å². The Morgan fingerprint density at radius 1 is 1.80 bits per heavy atom. The van der Waals surface area contributed by atoms with E-state index in [9.17, 15) is 4.79 Å². The minimum atomic E-state index is -0.380. The Morgan fingerprint density at radius 2 is 2.53 bits per heavy atom. The first-order valence-electron chi connectivity index (χ1n) is 5.05. The molecule has 0 aromatic carbocycles. The molecule has 0 bridgehead atoms. The molecule has 0 spiro atoms. The Labute approximate surface area is 88.7 Å². The van der Waals surface area contributed by atoms with Crippen molar-refractivity contribution in [1.29, 1.82) is 0 Å². The molecule has 2 atom stereocenters. The third-order valence-electron chi connectivity index (χ3n) is 2.43. The average Bonchev–Trinajstić information content (AvgIpc) is 2.18. The van der Waals surface area contributed by atoms with Gasteiger partial charge in [-0.05, 0) is 19.8 Å². The topological polar surface area (TPSA) is 88.2 Å². The molecule has 6 heteroatoms. The lowest BCUT2D eigenvalue weighted by Crippen LogP contribution is -2.50. The molecule has 1 rings (SSSR count). The van der Waals surface area contributed by atoms with Crippen LogP contribution >= 0.6 is 0 Å². The molecule has 0 saturated carbocycles. The third kappa shape index (κ3) is 3.09. The average molecular weight is 215 g/mol. The monoisotopic (exact) mass is 215 g/mol. The highest BCUT2D eigenvalue weighted by Crippen LogP contribution is 2.16. The van der Waals surface area contributed by atoms with Gasteiger partial charge in [0.05, 0.1) is 18.9 Å². The van der Waals surface area contributed by atoms with E-state index in [2.05, 4.69) is 5.16 Å². The van der Waals surface area contributed by atoms with Gasteiger partial charge in [-0.15, -0.1) is 0 Å². The van der Waals surface area contributed by atoms with E-state index in [0.29, 0.717) is 19.6 Å². The minimum Gasteiger partial charge on any atom is -0.450 e. The van der Waals surface area contributed by atoms with Crippen LogP contribution in [0, 0.1) is 0 Å². The summed E-state index contributed by atoms with van der Waals surface area (Å²) in [6, 6.07) is -0.225. The van der Waals surface area contributed by atoms with Crippen molar-refractivity contribution in [2.24, 2.45) is 10.9 Å². The fourth-order valence-electron chi connectivity index (χ4n) is 1.68. The fraction of sp³-hybridized carbons (Fsp3) is 0.778. The number of ether oxygens (including phenoxy) is 1. The quantitative estimate of drug-likeness (QED) is 0.396. The van der Waals surface area contributed by atoms with E-state index >= 15 is 0 Å². The predicted molar refractivity (Wildman–Crippen MR) is 55.0 cm³/mol. The standard InChI is InChI=1S/C9H17N3O3/c1-2-15-9(13)12-4-3-7(10)5-8(12)6-11-14/h6-8,14H,2-5,10H2,1H3/b11-6-. The molecule has 1 aliphatic heterocycles. The first-order chi connectivity index (χ1) is 7.19. The SMILES string of the molecule is CCOC(=O)N1CCC(N)CC1/C=N\O. The second-order valence-corrected chi connectivity index (χ2v) is 3.51. The summed E-state index contributed by atoms with van der Waals surface area (Å²) in [7, 11) is 0. The summed E-state index contributed by atoms with van der Waals surface area (Å²) in [4.78, 5) is 13.0. The normalized spacial score (nSPS) is 26.9. The van der Waals surface area contributed by atoms with E-state index in [0.717, 1.165) is 6.42 Å². The molecule has 0 aromatic heterocycles. The lowest BCUT2D eigenvalue weighted by atomic mass is 9.99. The molecule has 1 heterocycles. The zero-order valence-electron chi connectivity index (χ0n) is 8.80. The van der Waals surface area contributed by atoms with Crippen LogP contribution in [0.15, 0.2) is 5.16 Å². The van der Waals surface area contributed by atoms with Crippen molar-refractivity contribution >= 4 is 12.3 Å². The van der Waals surface area contributed by atoms with Gasteiger partial charge < -0.3 is 15.7 Å². The molecule has 15 heavy (non-hydrogen) atoms. The number of rotatable bonds is 2. The maximum atomic E-state index is 11.5. The van der Waals surface area contributed by atoms with Gasteiger partial charge in [-0.25, -0.2) is 4.79 Å². The molecule has 86 valence electrons. The van der Waals surface area contributed by atoms with E-state index < -0.39 is 0 Å². The van der Waals surface area contributed by atoms with Gasteiger partial charge in [-0.3, -0.25) is 4.90 Å². The largest absolute Gasteiger partial charge is 0.450 e. The van der Waals surface area contributed by atoms with E-state index in [1.165, 1.54) is 11.1 Å². The maximum Gasteiger partial charge on any atom is 0.410 e. The summed E-state index contributed by atoms with van der Waals surface area (Å²) in [6.45, 7) is 2.63. The van der Waals surface area contributed by atoms with Crippen LogP contribution in [0.2, 0.25) is 0 Å². The first kappa shape index (κ1) is 11.8. The van der Waals surface area contributed by atoms with Crippen LogP contribution in [0.4, 0.5) is 4.79 Å². The lowest BCUT2D eigenvalue weighted by molar-refractivity contribution is 0.0878. The Kier molecular flexibility index (Phi) is 4.36. The van der Waals surface area contributed by atoms with Crippen molar-refractivity contribution in [3.63, 3.8) is 0 Å². The second-order valence-electron chi connectivity index (χ2n) is 3.51. The van der Waals surface area contributed by atoms with Crippen molar-refractivity contribution < 1.29 is 14.7 Å². The molecular weight excluding hydrogens is 198 g/mol. The van der Waals surface area contributed by atoms with E-state index in [1.807, 2.05) is 0 Å². The van der Waals surface area contributed by atoms with Gasteiger partial charge in [0.2, 0.25) is 0 Å². The van der Waals surface area contributed by atoms with Crippen molar-refractivity contribution in [3.05, 3.63) is 0 Å². The van der Waals surface area contributed by atoms with Crippen molar-refractivity contribution in [1.82, 2.24) is 4.90 Å². The zero-order chi connectivity index (χ0) is 11.3. The highest BCUT2D eigenvalue weighted by molar-refractivity contribution is 5.75. The lowest BCUT2D eigenvalue weighted by Gasteiger charge is -2.35. The number of oxime groups is 1. The number of hydrogen-bond donors (Lipinski definition) is 2. The Balaban J connectivity index is 2.63. The third-order valence-corrected chi connectivity index (χ3v) is 2.43. The predicted octanol–water partition coefficient (Wildman–Crippen LogP) is 0.395. The van der Waals surface area contributed by atoms with Crippen molar-refractivity contribution in [2.75, 3.05) is 13.2 Å². The molecular formula is C9H17N3O3. The first-order valence-corrected chi connectivity index (χ1v) is 5.05. The number of carbonyl (C=O) groups excluding carboxylic acids is 1. The molecule has 0 aromatic rings. The van der Waals surface area contributed by atoms with Crippen LogP contribution in [0.25, 0.3) is 0 Å². The summed E-state index contributed by atoms with van der Waals surface area (Å²) < 4.78 is 4.90.